The van der Waals surface area contributed by atoms with Gasteiger partial charge in [0.25, 0.3) is 0 Å². The fourth-order valence-corrected chi connectivity index (χ4v) is 2.47. The van der Waals surface area contributed by atoms with Crippen LogP contribution < -0.4 is 10.6 Å². The van der Waals surface area contributed by atoms with E-state index in [4.69, 9.17) is 0 Å². The number of anilines is 1. The van der Waals surface area contributed by atoms with Crippen LogP contribution in [0.2, 0.25) is 0 Å². The van der Waals surface area contributed by atoms with Crippen LogP contribution in [0.1, 0.15) is 18.4 Å². The summed E-state index contributed by atoms with van der Waals surface area (Å²) < 4.78 is 0. The molecule has 1 aromatic carbocycles. The van der Waals surface area contributed by atoms with E-state index >= 15 is 0 Å². The van der Waals surface area contributed by atoms with Crippen molar-refractivity contribution in [1.82, 2.24) is 15.5 Å². The van der Waals surface area contributed by atoms with Crippen molar-refractivity contribution in [2.24, 2.45) is 0 Å². The maximum atomic E-state index is 4.31. The zero-order chi connectivity index (χ0) is 13.8. The number of hydrogen-bond acceptors (Lipinski definition) is 4. The molecule has 1 saturated heterocycles. The van der Waals surface area contributed by atoms with Gasteiger partial charge in [-0.05, 0) is 38.4 Å². The second-order valence-corrected chi connectivity index (χ2v) is 5.36. The summed E-state index contributed by atoms with van der Waals surface area (Å²) >= 11 is 0. The molecular weight excluding hydrogens is 248 g/mol. The van der Waals surface area contributed by atoms with Gasteiger partial charge in [0.1, 0.15) is 5.82 Å². The first-order valence-corrected chi connectivity index (χ1v) is 7.19. The Morgan fingerprint density at radius 1 is 1.10 bits per heavy atom. The number of aromatic nitrogens is 2. The third-order valence-electron chi connectivity index (χ3n) is 3.66. The average molecular weight is 268 g/mol. The van der Waals surface area contributed by atoms with Crippen LogP contribution in [0.4, 0.5) is 5.82 Å². The molecule has 0 radical (unpaired) electrons. The number of hydrogen-bond donors (Lipinski definition) is 2. The monoisotopic (exact) mass is 268 g/mol. The minimum absolute atomic E-state index is 0.461. The van der Waals surface area contributed by atoms with Crippen molar-refractivity contribution < 1.29 is 0 Å². The molecule has 2 N–H and O–H groups in total. The number of nitrogens with one attached hydrogen (secondary N) is 2. The molecule has 0 amide bonds. The summed E-state index contributed by atoms with van der Waals surface area (Å²) in [5, 5.41) is 15.4. The lowest BCUT2D eigenvalue weighted by molar-refractivity contribution is 0.478. The van der Waals surface area contributed by atoms with E-state index < -0.39 is 0 Å². The van der Waals surface area contributed by atoms with Gasteiger partial charge >= 0.3 is 0 Å². The molecule has 0 aliphatic carbocycles. The van der Waals surface area contributed by atoms with E-state index in [-0.39, 0.29) is 0 Å². The van der Waals surface area contributed by atoms with E-state index in [0.717, 1.165) is 30.2 Å². The van der Waals surface area contributed by atoms with Crippen molar-refractivity contribution in [3.05, 3.63) is 42.0 Å². The summed E-state index contributed by atoms with van der Waals surface area (Å²) in [6.07, 6.45) is 2.40. The maximum absolute atomic E-state index is 4.31. The van der Waals surface area contributed by atoms with Gasteiger partial charge < -0.3 is 10.6 Å². The Morgan fingerprint density at radius 2 is 1.95 bits per heavy atom. The first-order valence-electron chi connectivity index (χ1n) is 7.19. The number of piperidine rings is 1. The molecule has 4 nitrogen and oxygen atoms in total. The molecule has 4 heteroatoms. The highest BCUT2D eigenvalue weighted by Crippen LogP contribution is 2.18. The van der Waals surface area contributed by atoms with Crippen molar-refractivity contribution in [1.29, 1.82) is 0 Å². The summed E-state index contributed by atoms with van der Waals surface area (Å²) in [5.74, 6) is 0.856. The molecule has 20 heavy (non-hydrogen) atoms. The fraction of sp³-hybridized carbons (Fsp3) is 0.375. The molecule has 2 heterocycles. The topological polar surface area (TPSA) is 49.8 Å². The first-order chi connectivity index (χ1) is 9.81. The zero-order valence-electron chi connectivity index (χ0n) is 11.8. The Bertz CT molecular complexity index is 542. The van der Waals surface area contributed by atoms with Crippen molar-refractivity contribution in [2.75, 3.05) is 18.4 Å². The first kappa shape index (κ1) is 13.1. The number of nitrogens with zero attached hydrogens (tertiary/aromatic N) is 2. The molecular formula is C16H20N4. The molecule has 1 unspecified atom stereocenters. The lowest BCUT2D eigenvalue weighted by Crippen LogP contribution is -2.38. The standard InChI is InChI=1S/C16H20N4/c1-12-4-6-13(7-5-12)15-8-9-16(20-19-15)18-14-3-2-10-17-11-14/h4-9,14,17H,2-3,10-11H2,1H3,(H,18,20). The maximum Gasteiger partial charge on any atom is 0.148 e. The van der Waals surface area contributed by atoms with Gasteiger partial charge in [-0.25, -0.2) is 0 Å². The SMILES string of the molecule is Cc1ccc(-c2ccc(NC3CCCNC3)nn2)cc1. The molecule has 0 saturated carbocycles. The van der Waals surface area contributed by atoms with Crippen LogP contribution in [0, 0.1) is 6.92 Å². The van der Waals surface area contributed by atoms with Gasteiger partial charge in [-0.15, -0.1) is 10.2 Å². The van der Waals surface area contributed by atoms with Gasteiger partial charge in [-0.1, -0.05) is 29.8 Å². The Labute approximate surface area is 119 Å². The lowest BCUT2D eigenvalue weighted by atomic mass is 10.1. The Morgan fingerprint density at radius 3 is 2.60 bits per heavy atom. The average Bonchev–Trinajstić information content (AvgIpc) is 2.50. The van der Waals surface area contributed by atoms with Crippen molar-refractivity contribution in [3.8, 4) is 11.3 Å². The van der Waals surface area contributed by atoms with E-state index in [1.54, 1.807) is 0 Å². The summed E-state index contributed by atoms with van der Waals surface area (Å²) in [6.45, 7) is 4.21. The van der Waals surface area contributed by atoms with Gasteiger partial charge in [-0.3, -0.25) is 0 Å². The molecule has 0 bridgehead atoms. The van der Waals surface area contributed by atoms with Gasteiger partial charge in [-0.2, -0.15) is 0 Å². The third-order valence-corrected chi connectivity index (χ3v) is 3.66. The second-order valence-electron chi connectivity index (χ2n) is 5.36. The zero-order valence-corrected chi connectivity index (χ0v) is 11.8. The van der Waals surface area contributed by atoms with E-state index in [1.807, 2.05) is 12.1 Å². The Balaban J connectivity index is 1.69. The summed E-state index contributed by atoms with van der Waals surface area (Å²) in [6, 6.07) is 12.8. The smallest absolute Gasteiger partial charge is 0.148 e. The van der Waals surface area contributed by atoms with Gasteiger partial charge in [0, 0.05) is 18.2 Å². The van der Waals surface area contributed by atoms with Crippen molar-refractivity contribution in [3.63, 3.8) is 0 Å². The highest BCUT2D eigenvalue weighted by molar-refractivity contribution is 5.59. The van der Waals surface area contributed by atoms with E-state index in [9.17, 15) is 0 Å². The summed E-state index contributed by atoms with van der Waals surface area (Å²) in [5.41, 5.74) is 3.27. The molecule has 1 atom stereocenters. The lowest BCUT2D eigenvalue weighted by Gasteiger charge is -2.23. The minimum atomic E-state index is 0.461. The van der Waals surface area contributed by atoms with Gasteiger partial charge in [0.05, 0.1) is 5.69 Å². The normalized spacial score (nSPS) is 18.8. The van der Waals surface area contributed by atoms with Gasteiger partial charge in [0.15, 0.2) is 0 Å². The molecule has 2 aromatic rings. The van der Waals surface area contributed by atoms with Crippen LogP contribution >= 0.6 is 0 Å². The van der Waals surface area contributed by atoms with Crippen LogP contribution in [0.5, 0.6) is 0 Å². The van der Waals surface area contributed by atoms with Crippen LogP contribution in [-0.2, 0) is 0 Å². The Hall–Kier alpha value is -1.94. The molecule has 1 aliphatic heterocycles. The van der Waals surface area contributed by atoms with Crippen molar-refractivity contribution >= 4 is 5.82 Å². The van der Waals surface area contributed by atoms with E-state index in [2.05, 4.69) is 52.0 Å². The summed E-state index contributed by atoms with van der Waals surface area (Å²) in [4.78, 5) is 0. The molecule has 1 aliphatic rings. The third kappa shape index (κ3) is 3.14. The molecule has 104 valence electrons. The predicted molar refractivity (Wildman–Crippen MR) is 81.7 cm³/mol. The van der Waals surface area contributed by atoms with Crippen LogP contribution in [0.15, 0.2) is 36.4 Å². The number of rotatable bonds is 3. The van der Waals surface area contributed by atoms with Crippen molar-refractivity contribution in [2.45, 2.75) is 25.8 Å². The van der Waals surface area contributed by atoms with Crippen LogP contribution in [0.3, 0.4) is 0 Å². The second kappa shape index (κ2) is 6.01. The van der Waals surface area contributed by atoms with Crippen LogP contribution in [-0.4, -0.2) is 29.3 Å². The highest BCUT2D eigenvalue weighted by atomic mass is 15.2. The predicted octanol–water partition coefficient (Wildman–Crippen LogP) is 2.62. The summed E-state index contributed by atoms with van der Waals surface area (Å²) in [7, 11) is 0. The quantitative estimate of drug-likeness (QED) is 0.898. The van der Waals surface area contributed by atoms with E-state index in [1.165, 1.54) is 18.4 Å². The molecule has 1 fully saturated rings. The number of benzene rings is 1. The Kier molecular flexibility index (Phi) is 3.92. The van der Waals surface area contributed by atoms with E-state index in [0.29, 0.717) is 6.04 Å². The highest BCUT2D eigenvalue weighted by Gasteiger charge is 2.13. The van der Waals surface area contributed by atoms with Gasteiger partial charge in [0.2, 0.25) is 0 Å². The number of aryl methyl sites for hydroxylation is 1. The largest absolute Gasteiger partial charge is 0.365 e. The molecule has 0 spiro atoms. The fourth-order valence-electron chi connectivity index (χ4n) is 2.47. The molecule has 1 aromatic heterocycles. The molecule has 3 rings (SSSR count). The minimum Gasteiger partial charge on any atom is -0.365 e. The van der Waals surface area contributed by atoms with Crippen LogP contribution in [0.25, 0.3) is 11.3 Å².